The minimum atomic E-state index is 0.351. The zero-order chi connectivity index (χ0) is 10.8. The Balaban J connectivity index is 2.69. The summed E-state index contributed by atoms with van der Waals surface area (Å²) in [7, 11) is 0. The molecule has 2 aromatic carbocycles. The molecule has 0 saturated carbocycles. The van der Waals surface area contributed by atoms with Gasteiger partial charge in [-0.15, -0.1) is 0 Å². The van der Waals surface area contributed by atoms with Crippen molar-refractivity contribution in [1.29, 1.82) is 0 Å². The second-order valence-electron chi connectivity index (χ2n) is 3.78. The van der Waals surface area contributed by atoms with Crippen LogP contribution in [0.3, 0.4) is 0 Å². The van der Waals surface area contributed by atoms with Crippen LogP contribution in [0.1, 0.15) is 11.1 Å². The van der Waals surface area contributed by atoms with Gasteiger partial charge >= 0.3 is 0 Å². The molecule has 2 aromatic rings. The number of phenolic OH excluding ortho intramolecular Hbond substituents is 1. The summed E-state index contributed by atoms with van der Waals surface area (Å²) < 4.78 is 0. The minimum absolute atomic E-state index is 0.351. The normalized spacial score (nSPS) is 10.3. The maximum Gasteiger partial charge on any atom is 0.123 e. The van der Waals surface area contributed by atoms with E-state index >= 15 is 0 Å². The Bertz CT molecular complexity index is 466. The van der Waals surface area contributed by atoms with Crippen molar-refractivity contribution in [1.82, 2.24) is 0 Å². The number of hydrogen-bond donors (Lipinski definition) is 1. The molecule has 0 heterocycles. The smallest absolute Gasteiger partial charge is 0.123 e. The van der Waals surface area contributed by atoms with E-state index in [9.17, 15) is 5.11 Å². The summed E-state index contributed by atoms with van der Waals surface area (Å²) >= 11 is 0. The van der Waals surface area contributed by atoms with Gasteiger partial charge in [-0.05, 0) is 36.6 Å². The van der Waals surface area contributed by atoms with Gasteiger partial charge in [-0.2, -0.15) is 0 Å². The highest BCUT2D eigenvalue weighted by Gasteiger charge is 2.08. The molecule has 0 aliphatic rings. The van der Waals surface area contributed by atoms with Gasteiger partial charge in [0.15, 0.2) is 0 Å². The quantitative estimate of drug-likeness (QED) is 0.741. The summed E-state index contributed by atoms with van der Waals surface area (Å²) in [6.45, 7) is 4.07. The molecular formula is C14H14O. The number of benzene rings is 2. The van der Waals surface area contributed by atoms with Gasteiger partial charge in [0.2, 0.25) is 0 Å². The third-order valence-corrected chi connectivity index (χ3v) is 2.67. The molecule has 0 atom stereocenters. The largest absolute Gasteiger partial charge is 0.507 e. The maximum atomic E-state index is 9.87. The fraction of sp³-hybridized carbons (Fsp3) is 0.143. The van der Waals surface area contributed by atoms with E-state index in [0.717, 1.165) is 16.7 Å². The van der Waals surface area contributed by atoms with Crippen LogP contribution in [0.5, 0.6) is 5.75 Å². The molecule has 1 nitrogen and oxygen atoms in total. The first kappa shape index (κ1) is 9.78. The maximum absolute atomic E-state index is 9.87. The number of aryl methyl sites for hydroxylation is 2. The molecule has 1 heteroatoms. The molecule has 0 radical (unpaired) electrons. The molecule has 0 spiro atoms. The van der Waals surface area contributed by atoms with Crippen LogP contribution in [0, 0.1) is 13.8 Å². The molecule has 0 aliphatic heterocycles. The Hall–Kier alpha value is -1.76. The lowest BCUT2D eigenvalue weighted by Crippen LogP contribution is -1.87. The topological polar surface area (TPSA) is 20.2 Å². The molecular weight excluding hydrogens is 184 g/mol. The van der Waals surface area contributed by atoms with E-state index in [-0.39, 0.29) is 0 Å². The van der Waals surface area contributed by atoms with Crippen molar-refractivity contribution in [3.05, 3.63) is 53.6 Å². The molecule has 0 unspecified atom stereocenters. The average molecular weight is 198 g/mol. The molecule has 2 rings (SSSR count). The first-order chi connectivity index (χ1) is 7.20. The van der Waals surface area contributed by atoms with E-state index in [2.05, 4.69) is 13.0 Å². The van der Waals surface area contributed by atoms with E-state index in [4.69, 9.17) is 0 Å². The zero-order valence-corrected chi connectivity index (χ0v) is 8.99. The monoisotopic (exact) mass is 198 g/mol. The highest BCUT2D eigenvalue weighted by Crippen LogP contribution is 2.33. The van der Waals surface area contributed by atoms with Crippen LogP contribution >= 0.6 is 0 Å². The molecule has 0 amide bonds. The Labute approximate surface area is 90.0 Å². The summed E-state index contributed by atoms with van der Waals surface area (Å²) in [6.07, 6.45) is 0. The van der Waals surface area contributed by atoms with Crippen molar-refractivity contribution >= 4 is 0 Å². The van der Waals surface area contributed by atoms with Gasteiger partial charge in [0.05, 0.1) is 0 Å². The van der Waals surface area contributed by atoms with Crippen molar-refractivity contribution in [3.63, 3.8) is 0 Å². The van der Waals surface area contributed by atoms with Crippen molar-refractivity contribution in [2.75, 3.05) is 0 Å². The van der Waals surface area contributed by atoms with Crippen molar-refractivity contribution in [2.45, 2.75) is 13.8 Å². The fourth-order valence-electron chi connectivity index (χ4n) is 1.86. The minimum Gasteiger partial charge on any atom is -0.507 e. The Morgan fingerprint density at radius 3 is 2.13 bits per heavy atom. The van der Waals surface area contributed by atoms with Crippen molar-refractivity contribution in [3.8, 4) is 16.9 Å². The Kier molecular flexibility index (Phi) is 2.46. The first-order valence-corrected chi connectivity index (χ1v) is 5.04. The van der Waals surface area contributed by atoms with Crippen molar-refractivity contribution < 1.29 is 5.11 Å². The number of rotatable bonds is 1. The van der Waals surface area contributed by atoms with E-state index in [1.54, 1.807) is 6.07 Å². The molecule has 0 fully saturated rings. The van der Waals surface area contributed by atoms with Crippen LogP contribution in [0.2, 0.25) is 0 Å². The van der Waals surface area contributed by atoms with Crippen LogP contribution in [0.25, 0.3) is 11.1 Å². The van der Waals surface area contributed by atoms with Gasteiger partial charge in [-0.1, -0.05) is 36.4 Å². The van der Waals surface area contributed by atoms with Gasteiger partial charge in [-0.3, -0.25) is 0 Å². The first-order valence-electron chi connectivity index (χ1n) is 5.04. The van der Waals surface area contributed by atoms with Crippen LogP contribution in [0.4, 0.5) is 0 Å². The van der Waals surface area contributed by atoms with E-state index in [1.807, 2.05) is 37.3 Å². The lowest BCUT2D eigenvalue weighted by molar-refractivity contribution is 0.477. The molecule has 0 aliphatic carbocycles. The molecule has 76 valence electrons. The van der Waals surface area contributed by atoms with E-state index in [1.165, 1.54) is 5.56 Å². The second kappa shape index (κ2) is 3.77. The van der Waals surface area contributed by atoms with E-state index in [0.29, 0.717) is 5.75 Å². The highest BCUT2D eigenvalue weighted by molar-refractivity contribution is 5.75. The molecule has 15 heavy (non-hydrogen) atoms. The summed E-state index contributed by atoms with van der Waals surface area (Å²) in [6, 6.07) is 13.7. The van der Waals surface area contributed by atoms with Gasteiger partial charge in [0.25, 0.3) is 0 Å². The van der Waals surface area contributed by atoms with E-state index < -0.39 is 0 Å². The number of aromatic hydroxyl groups is 1. The number of phenols is 1. The predicted octanol–water partition coefficient (Wildman–Crippen LogP) is 3.68. The summed E-state index contributed by atoms with van der Waals surface area (Å²) in [4.78, 5) is 0. The van der Waals surface area contributed by atoms with Gasteiger partial charge in [0, 0.05) is 5.56 Å². The lowest BCUT2D eigenvalue weighted by atomic mass is 9.96. The standard InChI is InChI=1S/C14H14O/c1-10-6-3-4-8-12(10)14-11(2)7-5-9-13(14)15/h3-9,15H,1-2H3. The molecule has 0 bridgehead atoms. The third-order valence-electron chi connectivity index (χ3n) is 2.67. The SMILES string of the molecule is Cc1ccccc1-c1c(C)cccc1O. The lowest BCUT2D eigenvalue weighted by Gasteiger charge is -2.10. The van der Waals surface area contributed by atoms with Gasteiger partial charge in [0.1, 0.15) is 5.75 Å². The Morgan fingerprint density at radius 2 is 1.47 bits per heavy atom. The number of hydrogen-bond acceptors (Lipinski definition) is 1. The van der Waals surface area contributed by atoms with Crippen LogP contribution in [-0.4, -0.2) is 5.11 Å². The zero-order valence-electron chi connectivity index (χ0n) is 8.99. The van der Waals surface area contributed by atoms with Crippen molar-refractivity contribution in [2.24, 2.45) is 0 Å². The van der Waals surface area contributed by atoms with Gasteiger partial charge < -0.3 is 5.11 Å². The average Bonchev–Trinajstić information content (AvgIpc) is 2.20. The second-order valence-corrected chi connectivity index (χ2v) is 3.78. The van der Waals surface area contributed by atoms with Gasteiger partial charge in [-0.25, -0.2) is 0 Å². The van der Waals surface area contributed by atoms with Crippen LogP contribution in [0.15, 0.2) is 42.5 Å². The summed E-state index contributed by atoms with van der Waals surface area (Å²) in [5, 5.41) is 9.87. The van der Waals surface area contributed by atoms with Crippen LogP contribution in [-0.2, 0) is 0 Å². The highest BCUT2D eigenvalue weighted by atomic mass is 16.3. The molecule has 0 aromatic heterocycles. The summed E-state index contributed by atoms with van der Waals surface area (Å²) in [5.41, 5.74) is 4.33. The Morgan fingerprint density at radius 1 is 0.800 bits per heavy atom. The summed E-state index contributed by atoms with van der Waals surface area (Å²) in [5.74, 6) is 0.351. The predicted molar refractivity (Wildman–Crippen MR) is 63.0 cm³/mol. The molecule has 0 saturated heterocycles. The fourth-order valence-corrected chi connectivity index (χ4v) is 1.86. The third kappa shape index (κ3) is 1.73. The van der Waals surface area contributed by atoms with Crippen LogP contribution < -0.4 is 0 Å². The molecule has 1 N–H and O–H groups in total.